The molecule has 0 aromatic heterocycles. The van der Waals surface area contributed by atoms with Crippen molar-refractivity contribution in [3.05, 3.63) is 0 Å². The molecule has 0 aromatic carbocycles. The first-order valence-corrected chi connectivity index (χ1v) is 5.57. The van der Waals surface area contributed by atoms with Crippen molar-refractivity contribution >= 4 is 28.8 Å². The fourth-order valence-electron chi connectivity index (χ4n) is 1.55. The molecule has 74 valence electrons. The van der Waals surface area contributed by atoms with Crippen molar-refractivity contribution in [2.75, 3.05) is 26.2 Å². The van der Waals surface area contributed by atoms with Crippen LogP contribution in [0.5, 0.6) is 0 Å². The van der Waals surface area contributed by atoms with Gasteiger partial charge in [-0.2, -0.15) is 0 Å². The molecule has 0 atom stereocenters. The lowest BCUT2D eigenvalue weighted by atomic mass is 10.2. The molecule has 2 rings (SSSR count). The quantitative estimate of drug-likeness (QED) is 0.546. The van der Waals surface area contributed by atoms with Crippen molar-refractivity contribution in [1.82, 2.24) is 8.01 Å². The third kappa shape index (κ3) is 1.97. The van der Waals surface area contributed by atoms with Gasteiger partial charge in [0.25, 0.3) is 0 Å². The van der Waals surface area contributed by atoms with Crippen LogP contribution in [0.3, 0.4) is 0 Å². The predicted octanol–water partition coefficient (Wildman–Crippen LogP) is -0.0281. The predicted molar refractivity (Wildman–Crippen MR) is 58.3 cm³/mol. The first-order valence-electron chi connectivity index (χ1n) is 4.61. The maximum absolute atomic E-state index is 11.8. The summed E-state index contributed by atoms with van der Waals surface area (Å²) in [6.07, 6.45) is 1.74. The largest absolute Gasteiger partial charge is 0.338 e. The first kappa shape index (κ1) is 9.67. The lowest BCUT2D eigenvalue weighted by Crippen LogP contribution is -2.52. The monoisotopic (exact) mass is 295 g/mol. The Morgan fingerprint density at radius 1 is 1.23 bits per heavy atom. The van der Waals surface area contributed by atoms with Gasteiger partial charge in [-0.05, 0) is 12.8 Å². The van der Waals surface area contributed by atoms with Crippen LogP contribution in [0.1, 0.15) is 12.8 Å². The van der Waals surface area contributed by atoms with Crippen molar-refractivity contribution in [2.45, 2.75) is 18.4 Å². The molecule has 0 radical (unpaired) electrons. The highest BCUT2D eigenvalue weighted by Gasteiger charge is 2.48. The number of nitrogens with zero attached hydrogens (tertiary/aromatic N) is 2. The summed E-state index contributed by atoms with van der Waals surface area (Å²) < 4.78 is 2.21. The minimum atomic E-state index is -0.479. The third-order valence-corrected chi connectivity index (χ3v) is 3.69. The number of halogens is 1. The highest BCUT2D eigenvalue weighted by Crippen LogP contribution is 2.34. The van der Waals surface area contributed by atoms with Crippen molar-refractivity contribution in [2.24, 2.45) is 5.73 Å². The standard InChI is InChI=1S/C8H14IN3O/c9-12-5-3-11(4-6-12)7(13)8(10)1-2-8/h1-6,10H2. The van der Waals surface area contributed by atoms with Gasteiger partial charge in [-0.15, -0.1) is 0 Å². The van der Waals surface area contributed by atoms with Gasteiger partial charge in [0.15, 0.2) is 0 Å². The topological polar surface area (TPSA) is 49.6 Å². The number of hydrogen-bond donors (Lipinski definition) is 1. The van der Waals surface area contributed by atoms with Crippen LogP contribution in [-0.4, -0.2) is 45.6 Å². The Morgan fingerprint density at radius 2 is 1.77 bits per heavy atom. The molecule has 1 amide bonds. The summed E-state index contributed by atoms with van der Waals surface area (Å²) in [4.78, 5) is 13.7. The fraction of sp³-hybridized carbons (Fsp3) is 0.875. The summed E-state index contributed by atoms with van der Waals surface area (Å²) in [5.74, 6) is 0.164. The summed E-state index contributed by atoms with van der Waals surface area (Å²) in [7, 11) is 0. The van der Waals surface area contributed by atoms with Gasteiger partial charge in [-0.1, -0.05) is 0 Å². The van der Waals surface area contributed by atoms with Crippen molar-refractivity contribution in [3.63, 3.8) is 0 Å². The number of carbonyl (C=O) groups is 1. The molecular formula is C8H14IN3O. The molecule has 0 unspecified atom stereocenters. The molecule has 0 spiro atoms. The van der Waals surface area contributed by atoms with Crippen molar-refractivity contribution < 1.29 is 4.79 Å². The average Bonchev–Trinajstić information content (AvgIpc) is 2.85. The SMILES string of the molecule is NC1(C(=O)N2CCN(I)CC2)CC1. The van der Waals surface area contributed by atoms with Crippen molar-refractivity contribution in [3.8, 4) is 0 Å². The van der Waals surface area contributed by atoms with Gasteiger partial charge in [0.2, 0.25) is 5.91 Å². The second-order valence-electron chi connectivity index (χ2n) is 3.86. The zero-order chi connectivity index (χ0) is 9.47. The van der Waals surface area contributed by atoms with E-state index in [2.05, 4.69) is 26.0 Å². The van der Waals surface area contributed by atoms with Gasteiger partial charge in [0.1, 0.15) is 0 Å². The zero-order valence-corrected chi connectivity index (χ0v) is 9.66. The van der Waals surface area contributed by atoms with E-state index in [1.165, 1.54) is 0 Å². The molecule has 2 N–H and O–H groups in total. The molecule has 1 saturated carbocycles. The minimum Gasteiger partial charge on any atom is -0.338 e. The second-order valence-corrected chi connectivity index (χ2v) is 5.22. The summed E-state index contributed by atoms with van der Waals surface area (Å²) >= 11 is 2.29. The molecule has 0 bridgehead atoms. The van der Waals surface area contributed by atoms with Crippen molar-refractivity contribution in [1.29, 1.82) is 0 Å². The van der Waals surface area contributed by atoms with Crippen LogP contribution < -0.4 is 5.73 Å². The lowest BCUT2D eigenvalue weighted by Gasteiger charge is -2.32. The van der Waals surface area contributed by atoms with Crippen LogP contribution in [0, 0.1) is 0 Å². The Hall–Kier alpha value is 0.120. The van der Waals surface area contributed by atoms with Crippen LogP contribution in [0.25, 0.3) is 0 Å². The van der Waals surface area contributed by atoms with E-state index in [1.807, 2.05) is 4.90 Å². The van der Waals surface area contributed by atoms with E-state index in [0.29, 0.717) is 0 Å². The molecule has 1 heterocycles. The van der Waals surface area contributed by atoms with Crippen LogP contribution in [0.15, 0.2) is 0 Å². The summed E-state index contributed by atoms with van der Waals surface area (Å²) in [5, 5.41) is 0. The van der Waals surface area contributed by atoms with E-state index in [4.69, 9.17) is 5.73 Å². The van der Waals surface area contributed by atoms with E-state index in [1.54, 1.807) is 0 Å². The molecule has 2 fully saturated rings. The van der Waals surface area contributed by atoms with Gasteiger partial charge in [-0.25, -0.2) is 3.11 Å². The molecule has 0 aromatic rings. The molecular weight excluding hydrogens is 281 g/mol. The van der Waals surface area contributed by atoms with Gasteiger partial charge < -0.3 is 10.6 Å². The average molecular weight is 295 g/mol. The molecule has 5 heteroatoms. The highest BCUT2D eigenvalue weighted by atomic mass is 127. The van der Waals surface area contributed by atoms with Crippen LogP contribution >= 0.6 is 22.9 Å². The molecule has 13 heavy (non-hydrogen) atoms. The molecule has 1 aliphatic heterocycles. The number of piperazine rings is 1. The minimum absolute atomic E-state index is 0.164. The summed E-state index contributed by atoms with van der Waals surface area (Å²) in [6.45, 7) is 3.59. The normalized spacial score (nSPS) is 27.4. The Morgan fingerprint density at radius 3 is 2.23 bits per heavy atom. The second kappa shape index (κ2) is 3.36. The Balaban J connectivity index is 1.91. The van der Waals surface area contributed by atoms with Crippen LogP contribution in [-0.2, 0) is 4.79 Å². The number of hydrogen-bond acceptors (Lipinski definition) is 3. The summed E-state index contributed by atoms with van der Waals surface area (Å²) in [5.41, 5.74) is 5.37. The third-order valence-electron chi connectivity index (χ3n) is 2.73. The van der Waals surface area contributed by atoms with Gasteiger partial charge in [-0.3, -0.25) is 4.79 Å². The van der Waals surface area contributed by atoms with Gasteiger partial charge >= 0.3 is 0 Å². The van der Waals surface area contributed by atoms with E-state index < -0.39 is 5.54 Å². The Bertz CT molecular complexity index is 221. The molecule has 1 aliphatic carbocycles. The number of carbonyl (C=O) groups excluding carboxylic acids is 1. The van der Waals surface area contributed by atoms with Gasteiger partial charge in [0.05, 0.1) is 5.54 Å². The summed E-state index contributed by atoms with van der Waals surface area (Å²) in [6, 6.07) is 0. The maximum atomic E-state index is 11.8. The number of nitrogens with two attached hydrogens (primary N) is 1. The van der Waals surface area contributed by atoms with E-state index in [9.17, 15) is 4.79 Å². The van der Waals surface area contributed by atoms with E-state index >= 15 is 0 Å². The van der Waals surface area contributed by atoms with E-state index in [0.717, 1.165) is 39.0 Å². The molecule has 2 aliphatic rings. The van der Waals surface area contributed by atoms with Crippen LogP contribution in [0.4, 0.5) is 0 Å². The highest BCUT2D eigenvalue weighted by molar-refractivity contribution is 14.1. The number of amides is 1. The molecule has 1 saturated heterocycles. The van der Waals surface area contributed by atoms with Gasteiger partial charge in [0, 0.05) is 49.0 Å². The van der Waals surface area contributed by atoms with E-state index in [-0.39, 0.29) is 5.91 Å². The Labute approximate surface area is 91.9 Å². The fourth-order valence-corrected chi connectivity index (χ4v) is 1.98. The van der Waals surface area contributed by atoms with Crippen LogP contribution in [0.2, 0.25) is 0 Å². The smallest absolute Gasteiger partial charge is 0.242 e. The zero-order valence-electron chi connectivity index (χ0n) is 7.50. The molecule has 4 nitrogen and oxygen atoms in total. The lowest BCUT2D eigenvalue weighted by molar-refractivity contribution is -0.134. The maximum Gasteiger partial charge on any atom is 0.242 e. The first-order chi connectivity index (χ1) is 6.12. The Kier molecular flexibility index (Phi) is 2.50. The number of rotatable bonds is 1.